The van der Waals surface area contributed by atoms with Crippen molar-refractivity contribution in [2.24, 2.45) is 0 Å². The number of hydrogen-bond acceptors (Lipinski definition) is 5. The lowest BCUT2D eigenvalue weighted by atomic mass is 10.1. The number of nitrogens with zero attached hydrogens (tertiary/aromatic N) is 1. The number of anilines is 2. The summed E-state index contributed by atoms with van der Waals surface area (Å²) in [4.78, 5) is 17.6. The minimum atomic E-state index is -0.181. The van der Waals surface area contributed by atoms with Crippen LogP contribution in [0.1, 0.15) is 15.2 Å². The normalized spacial score (nSPS) is 10.6. The molecule has 0 spiro atoms. The highest BCUT2D eigenvalue weighted by Crippen LogP contribution is 2.24. The first-order chi connectivity index (χ1) is 13.7. The second-order valence-electron chi connectivity index (χ2n) is 6.09. The Hall–Kier alpha value is -2.90. The lowest BCUT2D eigenvalue weighted by molar-refractivity contribution is 0.0967. The van der Waals surface area contributed by atoms with Gasteiger partial charge in [-0.3, -0.25) is 20.6 Å². The monoisotopic (exact) mass is 452 g/mol. The van der Waals surface area contributed by atoms with Gasteiger partial charge in [0.2, 0.25) is 0 Å². The Bertz CT molecular complexity index is 1110. The first kappa shape index (κ1) is 18.5. The largest absolute Gasteiger partial charge is 0.380 e. The van der Waals surface area contributed by atoms with Gasteiger partial charge in [0.05, 0.1) is 16.9 Å². The number of thiophene rings is 1. The number of halogens is 1. The predicted molar refractivity (Wildman–Crippen MR) is 119 cm³/mol. The van der Waals surface area contributed by atoms with Gasteiger partial charge in [0, 0.05) is 22.6 Å². The van der Waals surface area contributed by atoms with Crippen molar-refractivity contribution in [3.63, 3.8) is 0 Å². The summed E-state index contributed by atoms with van der Waals surface area (Å²) in [7, 11) is 0. The molecular formula is C21H17BrN4OS. The van der Waals surface area contributed by atoms with E-state index in [4.69, 9.17) is 0 Å². The summed E-state index contributed by atoms with van der Waals surface area (Å²) in [6.07, 6.45) is 1.81. The van der Waals surface area contributed by atoms with Gasteiger partial charge in [-0.25, -0.2) is 0 Å². The molecule has 3 N–H and O–H groups in total. The van der Waals surface area contributed by atoms with Crippen LogP contribution in [0.25, 0.3) is 10.9 Å². The van der Waals surface area contributed by atoms with E-state index in [9.17, 15) is 4.79 Å². The molecule has 28 heavy (non-hydrogen) atoms. The highest BCUT2D eigenvalue weighted by molar-refractivity contribution is 9.10. The van der Waals surface area contributed by atoms with E-state index >= 15 is 0 Å². The summed E-state index contributed by atoms with van der Waals surface area (Å²) in [6.45, 7) is 0.611. The van der Waals surface area contributed by atoms with Crippen LogP contribution in [-0.2, 0) is 6.54 Å². The third-order valence-corrected chi connectivity index (χ3v) is 5.69. The van der Waals surface area contributed by atoms with Crippen molar-refractivity contribution >= 4 is 55.5 Å². The number of para-hydroxylation sites is 1. The number of carbonyl (C=O) groups excluding carboxylic acids is 1. The zero-order valence-electron chi connectivity index (χ0n) is 14.8. The number of rotatable bonds is 6. The number of nitrogens with one attached hydrogen (secondary N) is 3. The van der Waals surface area contributed by atoms with E-state index in [1.807, 2.05) is 66.2 Å². The number of benzene rings is 2. The Morgan fingerprint density at radius 2 is 1.86 bits per heavy atom. The van der Waals surface area contributed by atoms with Crippen LogP contribution in [-0.4, -0.2) is 10.9 Å². The topological polar surface area (TPSA) is 66.1 Å². The summed E-state index contributed by atoms with van der Waals surface area (Å²) in [5.74, 6) is -0.181. The third-order valence-electron chi connectivity index (χ3n) is 4.24. The number of amides is 1. The predicted octanol–water partition coefficient (Wildman–Crippen LogP) is 5.43. The number of carbonyl (C=O) groups is 1. The zero-order valence-corrected chi connectivity index (χ0v) is 17.2. The Balaban J connectivity index is 1.43. The van der Waals surface area contributed by atoms with Gasteiger partial charge in [-0.1, -0.05) is 34.1 Å². The molecule has 4 rings (SSSR count). The zero-order chi connectivity index (χ0) is 19.3. The maximum atomic E-state index is 12.6. The number of fused-ring (bicyclic) bond motifs is 1. The van der Waals surface area contributed by atoms with Crippen molar-refractivity contribution in [1.82, 2.24) is 10.4 Å². The summed E-state index contributed by atoms with van der Waals surface area (Å²) < 4.78 is 0.984. The second-order valence-corrected chi connectivity index (χ2v) is 7.92. The molecular weight excluding hydrogens is 436 g/mol. The standard InChI is InChI=1S/C21H17BrN4OS/c22-15-5-7-16(8-6-15)25-26-21(27)20-19(10-12-28-20)24-13-14-9-11-23-18-4-2-1-3-17(14)18/h1-12,24-25H,13H2,(H,26,27). The van der Waals surface area contributed by atoms with E-state index < -0.39 is 0 Å². The first-order valence-corrected chi connectivity index (χ1v) is 10.3. The summed E-state index contributed by atoms with van der Waals surface area (Å²) in [5.41, 5.74) is 9.40. The quantitative estimate of drug-likeness (QED) is 0.341. The van der Waals surface area contributed by atoms with Crippen LogP contribution >= 0.6 is 27.3 Å². The molecule has 2 aromatic heterocycles. The van der Waals surface area contributed by atoms with Crippen LogP contribution in [0.15, 0.2) is 76.7 Å². The van der Waals surface area contributed by atoms with Crippen molar-refractivity contribution < 1.29 is 4.79 Å². The van der Waals surface area contributed by atoms with E-state index in [1.165, 1.54) is 11.3 Å². The maximum Gasteiger partial charge on any atom is 0.281 e. The first-order valence-electron chi connectivity index (χ1n) is 8.66. The van der Waals surface area contributed by atoms with Gasteiger partial charge >= 0.3 is 0 Å². The smallest absolute Gasteiger partial charge is 0.281 e. The molecule has 0 saturated heterocycles. The molecule has 2 aromatic carbocycles. The van der Waals surface area contributed by atoms with Crippen molar-refractivity contribution in [3.05, 3.63) is 87.2 Å². The fourth-order valence-corrected chi connectivity index (χ4v) is 3.87. The number of hydrogen-bond donors (Lipinski definition) is 3. The Kier molecular flexibility index (Phi) is 5.55. The van der Waals surface area contributed by atoms with Gasteiger partial charge in [0.15, 0.2) is 0 Å². The van der Waals surface area contributed by atoms with E-state index in [0.717, 1.165) is 32.3 Å². The summed E-state index contributed by atoms with van der Waals surface area (Å²) in [5, 5.41) is 6.39. The van der Waals surface area contributed by atoms with Crippen molar-refractivity contribution in [1.29, 1.82) is 0 Å². The minimum absolute atomic E-state index is 0.181. The average molecular weight is 453 g/mol. The molecule has 0 fully saturated rings. The number of aromatic nitrogens is 1. The lowest BCUT2D eigenvalue weighted by Crippen LogP contribution is -2.29. The van der Waals surface area contributed by atoms with E-state index in [1.54, 1.807) is 0 Å². The van der Waals surface area contributed by atoms with Gasteiger partial charge in [-0.2, -0.15) is 0 Å². The molecule has 0 aliphatic carbocycles. The molecule has 5 nitrogen and oxygen atoms in total. The molecule has 2 heterocycles. The molecule has 7 heteroatoms. The molecule has 0 radical (unpaired) electrons. The molecule has 0 bridgehead atoms. The fourth-order valence-electron chi connectivity index (χ4n) is 2.84. The van der Waals surface area contributed by atoms with E-state index in [2.05, 4.69) is 43.1 Å². The molecule has 1 amide bonds. The number of pyridine rings is 1. The van der Waals surface area contributed by atoms with Crippen LogP contribution in [0.2, 0.25) is 0 Å². The van der Waals surface area contributed by atoms with Crippen molar-refractivity contribution in [3.8, 4) is 0 Å². The average Bonchev–Trinajstić information content (AvgIpc) is 3.20. The van der Waals surface area contributed by atoms with Gasteiger partial charge in [-0.15, -0.1) is 11.3 Å². The van der Waals surface area contributed by atoms with E-state index in [0.29, 0.717) is 11.4 Å². The van der Waals surface area contributed by atoms with Crippen molar-refractivity contribution in [2.75, 3.05) is 10.7 Å². The molecule has 4 aromatic rings. The maximum absolute atomic E-state index is 12.6. The van der Waals surface area contributed by atoms with Crippen LogP contribution in [0.3, 0.4) is 0 Å². The fraction of sp³-hybridized carbons (Fsp3) is 0.0476. The molecule has 0 atom stereocenters. The third kappa shape index (κ3) is 4.16. The lowest BCUT2D eigenvalue weighted by Gasteiger charge is -2.11. The number of hydrazine groups is 1. The van der Waals surface area contributed by atoms with Crippen LogP contribution in [0.4, 0.5) is 11.4 Å². The summed E-state index contributed by atoms with van der Waals surface area (Å²) >= 11 is 4.79. The van der Waals surface area contributed by atoms with Gasteiger partial charge in [-0.05, 0) is 53.4 Å². The molecule has 0 saturated carbocycles. The van der Waals surface area contributed by atoms with Gasteiger partial charge in [0.1, 0.15) is 4.88 Å². The molecule has 0 aliphatic rings. The van der Waals surface area contributed by atoms with Crippen LogP contribution < -0.4 is 16.2 Å². The van der Waals surface area contributed by atoms with Crippen molar-refractivity contribution in [2.45, 2.75) is 6.54 Å². The van der Waals surface area contributed by atoms with Crippen LogP contribution in [0, 0.1) is 0 Å². The highest BCUT2D eigenvalue weighted by Gasteiger charge is 2.13. The SMILES string of the molecule is O=C(NNc1ccc(Br)cc1)c1sccc1NCc1ccnc2ccccc12. The van der Waals surface area contributed by atoms with Gasteiger partial charge < -0.3 is 5.32 Å². The molecule has 140 valence electrons. The molecule has 0 unspecified atom stereocenters. The van der Waals surface area contributed by atoms with E-state index in [-0.39, 0.29) is 5.91 Å². The Morgan fingerprint density at radius 1 is 1.04 bits per heavy atom. The molecule has 0 aliphatic heterocycles. The Morgan fingerprint density at radius 3 is 2.71 bits per heavy atom. The second kappa shape index (κ2) is 8.41. The van der Waals surface area contributed by atoms with Crippen LogP contribution in [0.5, 0.6) is 0 Å². The summed E-state index contributed by atoms with van der Waals surface area (Å²) in [6, 6.07) is 19.5. The minimum Gasteiger partial charge on any atom is -0.380 e. The highest BCUT2D eigenvalue weighted by atomic mass is 79.9. The Labute approximate surface area is 174 Å². The van der Waals surface area contributed by atoms with Gasteiger partial charge in [0.25, 0.3) is 5.91 Å².